The highest BCUT2D eigenvalue weighted by atomic mass is 16.1. The van der Waals surface area contributed by atoms with Crippen LogP contribution in [0.1, 0.15) is 31.1 Å². The predicted molar refractivity (Wildman–Crippen MR) is 79.0 cm³/mol. The molecule has 0 fully saturated rings. The Kier molecular flexibility index (Phi) is 6.32. The molecule has 0 saturated heterocycles. The third kappa shape index (κ3) is 4.54. The highest BCUT2D eigenvalue weighted by Crippen LogP contribution is 2.13. The molecule has 1 aromatic carbocycles. The van der Waals surface area contributed by atoms with Gasteiger partial charge in [0.15, 0.2) is 0 Å². The molecule has 1 aromatic rings. The SMILES string of the molecule is CCN(CC)CC(C)NC(=O)c1ccccc1NN. The van der Waals surface area contributed by atoms with Crippen molar-refractivity contribution < 1.29 is 4.79 Å². The van der Waals surface area contributed by atoms with Gasteiger partial charge >= 0.3 is 0 Å². The van der Waals surface area contributed by atoms with Gasteiger partial charge in [-0.3, -0.25) is 10.6 Å². The quantitative estimate of drug-likeness (QED) is 0.515. The minimum Gasteiger partial charge on any atom is -0.348 e. The summed E-state index contributed by atoms with van der Waals surface area (Å²) in [5.41, 5.74) is 3.74. The van der Waals surface area contributed by atoms with Crippen LogP contribution in [-0.4, -0.2) is 36.5 Å². The first-order chi connectivity index (χ1) is 9.12. The summed E-state index contributed by atoms with van der Waals surface area (Å²) in [6.07, 6.45) is 0. The van der Waals surface area contributed by atoms with Crippen LogP contribution < -0.4 is 16.6 Å². The van der Waals surface area contributed by atoms with Gasteiger partial charge < -0.3 is 15.6 Å². The van der Waals surface area contributed by atoms with Crippen LogP contribution in [-0.2, 0) is 0 Å². The Balaban J connectivity index is 2.63. The molecular formula is C14H24N4O. The maximum atomic E-state index is 12.2. The molecule has 0 spiro atoms. The van der Waals surface area contributed by atoms with Crippen molar-refractivity contribution in [3.63, 3.8) is 0 Å². The third-order valence-corrected chi connectivity index (χ3v) is 3.13. The Morgan fingerprint density at radius 1 is 1.32 bits per heavy atom. The highest BCUT2D eigenvalue weighted by Gasteiger charge is 2.14. The van der Waals surface area contributed by atoms with Gasteiger partial charge in [0, 0.05) is 12.6 Å². The molecule has 0 heterocycles. The van der Waals surface area contributed by atoms with Gasteiger partial charge in [-0.25, -0.2) is 0 Å². The number of nitrogens with one attached hydrogen (secondary N) is 2. The Hall–Kier alpha value is -1.59. The van der Waals surface area contributed by atoms with Crippen molar-refractivity contribution in [1.82, 2.24) is 10.2 Å². The first-order valence-corrected chi connectivity index (χ1v) is 6.71. The van der Waals surface area contributed by atoms with Crippen molar-refractivity contribution in [1.29, 1.82) is 0 Å². The standard InChI is InChI=1S/C14H24N4O/c1-4-18(5-2)10-11(3)16-14(19)12-8-6-7-9-13(12)17-15/h6-9,11,17H,4-5,10,15H2,1-3H3,(H,16,19). The predicted octanol–water partition coefficient (Wildman–Crippen LogP) is 1.43. The first kappa shape index (κ1) is 15.5. The molecule has 1 amide bonds. The molecule has 0 aliphatic carbocycles. The van der Waals surface area contributed by atoms with E-state index in [-0.39, 0.29) is 11.9 Å². The molecule has 106 valence electrons. The second kappa shape index (κ2) is 7.76. The topological polar surface area (TPSA) is 70.4 Å². The Bertz CT molecular complexity index is 404. The summed E-state index contributed by atoms with van der Waals surface area (Å²) in [6, 6.07) is 7.30. The largest absolute Gasteiger partial charge is 0.348 e. The molecule has 0 bridgehead atoms. The van der Waals surface area contributed by atoms with Crippen molar-refractivity contribution >= 4 is 11.6 Å². The van der Waals surface area contributed by atoms with Gasteiger partial charge in [-0.1, -0.05) is 26.0 Å². The fourth-order valence-corrected chi connectivity index (χ4v) is 2.02. The zero-order chi connectivity index (χ0) is 14.3. The number of nitrogen functional groups attached to an aromatic ring is 1. The maximum absolute atomic E-state index is 12.2. The first-order valence-electron chi connectivity index (χ1n) is 6.71. The third-order valence-electron chi connectivity index (χ3n) is 3.13. The lowest BCUT2D eigenvalue weighted by Gasteiger charge is -2.23. The monoisotopic (exact) mass is 264 g/mol. The molecule has 0 aromatic heterocycles. The summed E-state index contributed by atoms with van der Waals surface area (Å²) < 4.78 is 0. The molecule has 1 unspecified atom stereocenters. The van der Waals surface area contributed by atoms with Crippen LogP contribution in [0.2, 0.25) is 0 Å². The summed E-state index contributed by atoms with van der Waals surface area (Å²) in [4.78, 5) is 14.4. The maximum Gasteiger partial charge on any atom is 0.253 e. The van der Waals surface area contributed by atoms with Crippen molar-refractivity contribution in [2.75, 3.05) is 25.1 Å². The normalized spacial score (nSPS) is 12.3. The van der Waals surface area contributed by atoms with Gasteiger partial charge in [-0.2, -0.15) is 0 Å². The molecule has 5 nitrogen and oxygen atoms in total. The van der Waals surface area contributed by atoms with Crippen LogP contribution in [0.25, 0.3) is 0 Å². The number of para-hydroxylation sites is 1. The van der Waals surface area contributed by atoms with Gasteiger partial charge in [0.1, 0.15) is 0 Å². The molecule has 1 rings (SSSR count). The van der Waals surface area contributed by atoms with Crippen LogP contribution in [0.5, 0.6) is 0 Å². The molecule has 1 atom stereocenters. The Labute approximate surface area is 115 Å². The average molecular weight is 264 g/mol. The van der Waals surface area contributed by atoms with E-state index < -0.39 is 0 Å². The lowest BCUT2D eigenvalue weighted by molar-refractivity contribution is 0.0931. The number of benzene rings is 1. The molecule has 5 heteroatoms. The van der Waals surface area contributed by atoms with Gasteiger partial charge in [-0.05, 0) is 32.1 Å². The van der Waals surface area contributed by atoms with E-state index in [4.69, 9.17) is 5.84 Å². The molecular weight excluding hydrogens is 240 g/mol. The second-order valence-electron chi connectivity index (χ2n) is 4.55. The molecule has 19 heavy (non-hydrogen) atoms. The zero-order valence-corrected chi connectivity index (χ0v) is 11.9. The number of carbonyl (C=O) groups is 1. The molecule has 0 saturated carbocycles. The van der Waals surface area contributed by atoms with E-state index in [0.29, 0.717) is 11.3 Å². The van der Waals surface area contributed by atoms with Gasteiger partial charge in [-0.15, -0.1) is 0 Å². The molecule has 0 aliphatic rings. The number of hydrogen-bond donors (Lipinski definition) is 3. The number of nitrogens with zero attached hydrogens (tertiary/aromatic N) is 1. The Morgan fingerprint density at radius 3 is 2.53 bits per heavy atom. The number of rotatable bonds is 7. The minimum absolute atomic E-state index is 0.0956. The van der Waals surface area contributed by atoms with E-state index >= 15 is 0 Å². The number of anilines is 1. The van der Waals surface area contributed by atoms with Crippen molar-refractivity contribution in [3.05, 3.63) is 29.8 Å². The molecule has 4 N–H and O–H groups in total. The van der Waals surface area contributed by atoms with Gasteiger partial charge in [0.05, 0.1) is 11.3 Å². The van der Waals surface area contributed by atoms with Crippen molar-refractivity contribution in [3.8, 4) is 0 Å². The van der Waals surface area contributed by atoms with E-state index in [0.717, 1.165) is 19.6 Å². The lowest BCUT2D eigenvalue weighted by Crippen LogP contribution is -2.42. The van der Waals surface area contributed by atoms with E-state index in [1.807, 2.05) is 19.1 Å². The number of hydrogen-bond acceptors (Lipinski definition) is 4. The number of likely N-dealkylation sites (N-methyl/N-ethyl adjacent to an activating group) is 1. The Morgan fingerprint density at radius 2 is 1.95 bits per heavy atom. The average Bonchev–Trinajstić information content (AvgIpc) is 2.44. The van der Waals surface area contributed by atoms with E-state index in [9.17, 15) is 4.79 Å². The van der Waals surface area contributed by atoms with Crippen LogP contribution in [0.15, 0.2) is 24.3 Å². The van der Waals surface area contributed by atoms with Gasteiger partial charge in [0.25, 0.3) is 5.91 Å². The van der Waals surface area contributed by atoms with Crippen LogP contribution in [0.3, 0.4) is 0 Å². The van der Waals surface area contributed by atoms with Gasteiger partial charge in [0.2, 0.25) is 0 Å². The fraction of sp³-hybridized carbons (Fsp3) is 0.500. The number of carbonyl (C=O) groups excluding carboxylic acids is 1. The van der Waals surface area contributed by atoms with Crippen molar-refractivity contribution in [2.45, 2.75) is 26.8 Å². The molecule has 0 aliphatic heterocycles. The fourth-order valence-electron chi connectivity index (χ4n) is 2.02. The lowest BCUT2D eigenvalue weighted by atomic mass is 10.1. The van der Waals surface area contributed by atoms with Crippen LogP contribution in [0.4, 0.5) is 5.69 Å². The summed E-state index contributed by atoms with van der Waals surface area (Å²) in [5, 5.41) is 2.99. The highest BCUT2D eigenvalue weighted by molar-refractivity contribution is 5.99. The summed E-state index contributed by atoms with van der Waals surface area (Å²) in [6.45, 7) is 9.05. The summed E-state index contributed by atoms with van der Waals surface area (Å²) in [5.74, 6) is 5.30. The second-order valence-corrected chi connectivity index (χ2v) is 4.55. The van der Waals surface area contributed by atoms with Crippen molar-refractivity contribution in [2.24, 2.45) is 5.84 Å². The number of hydrazine groups is 1. The van der Waals surface area contributed by atoms with E-state index in [2.05, 4.69) is 29.5 Å². The minimum atomic E-state index is -0.104. The van der Waals surface area contributed by atoms with Crippen LogP contribution in [0, 0.1) is 0 Å². The number of amides is 1. The van der Waals surface area contributed by atoms with Crippen LogP contribution >= 0.6 is 0 Å². The van der Waals surface area contributed by atoms with E-state index in [1.54, 1.807) is 12.1 Å². The number of nitrogens with two attached hydrogens (primary N) is 1. The summed E-state index contributed by atoms with van der Waals surface area (Å²) in [7, 11) is 0. The smallest absolute Gasteiger partial charge is 0.253 e. The van der Waals surface area contributed by atoms with E-state index in [1.165, 1.54) is 0 Å². The zero-order valence-electron chi connectivity index (χ0n) is 11.9. The molecule has 0 radical (unpaired) electrons. The summed E-state index contributed by atoms with van der Waals surface area (Å²) >= 11 is 0.